The summed E-state index contributed by atoms with van der Waals surface area (Å²) in [7, 11) is 0. The normalized spacial score (nSPS) is 10.7. The Morgan fingerprint density at radius 1 is 1.14 bits per heavy atom. The Morgan fingerprint density at radius 3 is 2.57 bits per heavy atom. The number of ether oxygens (including phenoxy) is 2. The fraction of sp³-hybridized carbons (Fsp3) is 0.357. The number of benzene rings is 1. The molecule has 3 N–H and O–H groups in total. The highest BCUT2D eigenvalue weighted by atomic mass is 16.5. The molecule has 1 aromatic heterocycles. The number of nitrogens with zero attached hydrogens (tertiary/aromatic N) is 3. The van der Waals surface area contributed by atoms with Crippen molar-refractivity contribution in [2.24, 2.45) is 0 Å². The maximum atomic E-state index is 9.06. The molecule has 0 saturated heterocycles. The van der Waals surface area contributed by atoms with Crippen molar-refractivity contribution in [1.82, 2.24) is 15.0 Å². The van der Waals surface area contributed by atoms with Crippen molar-refractivity contribution in [3.63, 3.8) is 0 Å². The van der Waals surface area contributed by atoms with Gasteiger partial charge in [-0.25, -0.2) is 0 Å². The summed E-state index contributed by atoms with van der Waals surface area (Å²) in [5.74, 6) is 0.586. The minimum Gasteiger partial charge on any atom is -0.461 e. The predicted molar refractivity (Wildman–Crippen MR) is 77.3 cm³/mol. The predicted octanol–water partition coefficient (Wildman–Crippen LogP) is 1.57. The monoisotopic (exact) mass is 290 g/mol. The molecular formula is C14H18N4O3. The van der Waals surface area contributed by atoms with E-state index in [1.807, 2.05) is 32.0 Å². The summed E-state index contributed by atoms with van der Waals surface area (Å²) in [5, 5.41) is 9.06. The molecule has 0 bridgehead atoms. The van der Waals surface area contributed by atoms with Crippen molar-refractivity contribution in [3.05, 3.63) is 29.8 Å². The molecule has 0 spiro atoms. The zero-order chi connectivity index (χ0) is 15.2. The molecule has 7 nitrogen and oxygen atoms in total. The Kier molecular flexibility index (Phi) is 4.89. The van der Waals surface area contributed by atoms with Crippen molar-refractivity contribution in [2.75, 3.05) is 12.3 Å². The Balaban J connectivity index is 2.25. The third-order valence-corrected chi connectivity index (χ3v) is 2.51. The minimum atomic E-state index is -0.0821. The van der Waals surface area contributed by atoms with Gasteiger partial charge >= 0.3 is 12.0 Å². The fourth-order valence-corrected chi connectivity index (χ4v) is 1.69. The number of aliphatic hydroxyl groups excluding tert-OH is 1. The number of hydrogen-bond acceptors (Lipinski definition) is 7. The van der Waals surface area contributed by atoms with Crippen LogP contribution in [0, 0.1) is 0 Å². The molecule has 0 amide bonds. The highest BCUT2D eigenvalue weighted by molar-refractivity contribution is 5.36. The van der Waals surface area contributed by atoms with Gasteiger partial charge in [-0.1, -0.05) is 18.2 Å². The van der Waals surface area contributed by atoms with Gasteiger partial charge in [-0.05, 0) is 31.9 Å². The van der Waals surface area contributed by atoms with E-state index in [0.717, 1.165) is 5.56 Å². The van der Waals surface area contributed by atoms with Gasteiger partial charge in [-0.15, -0.1) is 4.98 Å². The van der Waals surface area contributed by atoms with Crippen LogP contribution in [-0.4, -0.2) is 32.8 Å². The lowest BCUT2D eigenvalue weighted by atomic mass is 10.1. The second-order valence-electron chi connectivity index (χ2n) is 4.61. The summed E-state index contributed by atoms with van der Waals surface area (Å²) in [5.41, 5.74) is 6.48. The van der Waals surface area contributed by atoms with E-state index in [9.17, 15) is 0 Å². The molecule has 0 aliphatic carbocycles. The molecule has 0 atom stereocenters. The molecule has 0 unspecified atom stereocenters. The van der Waals surface area contributed by atoms with E-state index in [2.05, 4.69) is 15.0 Å². The molecule has 2 rings (SSSR count). The number of hydrogen-bond donors (Lipinski definition) is 2. The number of nitrogen functional groups attached to an aromatic ring is 1. The standard InChI is InChI=1S/C14H18N4O3/c1-9(2)20-13-16-12(15)17-14(18-13)21-11-6-4-3-5-10(11)7-8-19/h3-6,9,19H,7-8H2,1-2H3,(H2,15,16,17,18). The Hall–Kier alpha value is -2.41. The van der Waals surface area contributed by atoms with E-state index >= 15 is 0 Å². The molecule has 7 heteroatoms. The van der Waals surface area contributed by atoms with E-state index in [1.165, 1.54) is 0 Å². The van der Waals surface area contributed by atoms with Crippen LogP contribution in [0.1, 0.15) is 19.4 Å². The third-order valence-electron chi connectivity index (χ3n) is 2.51. The second kappa shape index (κ2) is 6.85. The van der Waals surface area contributed by atoms with Crippen molar-refractivity contribution < 1.29 is 14.6 Å². The van der Waals surface area contributed by atoms with Crippen LogP contribution in [0.15, 0.2) is 24.3 Å². The lowest BCUT2D eigenvalue weighted by Crippen LogP contribution is -2.11. The van der Waals surface area contributed by atoms with Gasteiger partial charge in [0.15, 0.2) is 0 Å². The van der Waals surface area contributed by atoms with Gasteiger partial charge < -0.3 is 20.3 Å². The molecule has 0 aliphatic heterocycles. The average molecular weight is 290 g/mol. The summed E-state index contributed by atoms with van der Waals surface area (Å²) in [4.78, 5) is 11.9. The average Bonchev–Trinajstić information content (AvgIpc) is 2.40. The summed E-state index contributed by atoms with van der Waals surface area (Å²) >= 11 is 0. The molecule has 1 heterocycles. The maximum Gasteiger partial charge on any atom is 0.330 e. The van der Waals surface area contributed by atoms with Crippen LogP contribution in [-0.2, 0) is 6.42 Å². The van der Waals surface area contributed by atoms with Crippen molar-refractivity contribution in [3.8, 4) is 17.8 Å². The summed E-state index contributed by atoms with van der Waals surface area (Å²) < 4.78 is 11.0. The van der Waals surface area contributed by atoms with E-state index in [1.54, 1.807) is 6.07 Å². The van der Waals surface area contributed by atoms with Gasteiger partial charge in [-0.3, -0.25) is 0 Å². The van der Waals surface area contributed by atoms with E-state index in [4.69, 9.17) is 20.3 Å². The quantitative estimate of drug-likeness (QED) is 0.832. The lowest BCUT2D eigenvalue weighted by molar-refractivity contribution is 0.218. The zero-order valence-electron chi connectivity index (χ0n) is 12.0. The molecule has 112 valence electrons. The van der Waals surface area contributed by atoms with Crippen LogP contribution >= 0.6 is 0 Å². The SMILES string of the molecule is CC(C)Oc1nc(N)nc(Oc2ccccc2CCO)n1. The first-order valence-corrected chi connectivity index (χ1v) is 6.63. The number of anilines is 1. The smallest absolute Gasteiger partial charge is 0.330 e. The molecule has 21 heavy (non-hydrogen) atoms. The summed E-state index contributed by atoms with van der Waals surface area (Å²) in [6.07, 6.45) is 0.396. The van der Waals surface area contributed by atoms with Crippen LogP contribution < -0.4 is 15.2 Å². The van der Waals surface area contributed by atoms with E-state index in [0.29, 0.717) is 12.2 Å². The molecule has 0 fully saturated rings. The number of aromatic nitrogens is 3. The van der Waals surface area contributed by atoms with Crippen LogP contribution in [0.4, 0.5) is 5.95 Å². The Bertz CT molecular complexity index is 605. The second-order valence-corrected chi connectivity index (χ2v) is 4.61. The van der Waals surface area contributed by atoms with E-state index < -0.39 is 0 Å². The molecule has 0 saturated carbocycles. The summed E-state index contributed by atoms with van der Waals surface area (Å²) in [6.45, 7) is 3.75. The van der Waals surface area contributed by atoms with Crippen LogP contribution in [0.5, 0.6) is 17.8 Å². The molecule has 0 radical (unpaired) electrons. The highest BCUT2D eigenvalue weighted by Crippen LogP contribution is 2.24. The maximum absolute atomic E-state index is 9.06. The minimum absolute atomic E-state index is 0.0234. The first kappa shape index (κ1) is 15.0. The number of para-hydroxylation sites is 1. The van der Waals surface area contributed by atoms with Crippen molar-refractivity contribution in [2.45, 2.75) is 26.4 Å². The number of rotatable bonds is 6. The van der Waals surface area contributed by atoms with Crippen molar-refractivity contribution in [1.29, 1.82) is 0 Å². The largest absolute Gasteiger partial charge is 0.461 e. The highest BCUT2D eigenvalue weighted by Gasteiger charge is 2.11. The van der Waals surface area contributed by atoms with Gasteiger partial charge in [0.05, 0.1) is 6.10 Å². The Morgan fingerprint density at radius 2 is 1.86 bits per heavy atom. The Labute approximate surface area is 122 Å². The lowest BCUT2D eigenvalue weighted by Gasteiger charge is -2.11. The number of nitrogens with two attached hydrogens (primary N) is 1. The zero-order valence-corrected chi connectivity index (χ0v) is 12.0. The molecule has 0 aliphatic rings. The molecular weight excluding hydrogens is 272 g/mol. The first-order valence-electron chi connectivity index (χ1n) is 6.63. The van der Waals surface area contributed by atoms with Gasteiger partial charge in [0.1, 0.15) is 5.75 Å². The van der Waals surface area contributed by atoms with Crippen LogP contribution in [0.25, 0.3) is 0 Å². The van der Waals surface area contributed by atoms with E-state index in [-0.39, 0.29) is 30.7 Å². The summed E-state index contributed by atoms with van der Waals surface area (Å²) in [6, 6.07) is 7.50. The molecule has 1 aromatic carbocycles. The van der Waals surface area contributed by atoms with Crippen LogP contribution in [0.2, 0.25) is 0 Å². The topological polar surface area (TPSA) is 103 Å². The van der Waals surface area contributed by atoms with Gasteiger partial charge in [0.2, 0.25) is 5.95 Å². The third kappa shape index (κ3) is 4.28. The van der Waals surface area contributed by atoms with Gasteiger partial charge in [0, 0.05) is 6.61 Å². The van der Waals surface area contributed by atoms with Crippen LogP contribution in [0.3, 0.4) is 0 Å². The number of aliphatic hydroxyl groups is 1. The molecule has 2 aromatic rings. The van der Waals surface area contributed by atoms with Crippen molar-refractivity contribution >= 4 is 5.95 Å². The van der Waals surface area contributed by atoms with Gasteiger partial charge in [-0.2, -0.15) is 9.97 Å². The first-order chi connectivity index (χ1) is 10.1. The fourth-order valence-electron chi connectivity index (χ4n) is 1.69. The van der Waals surface area contributed by atoms with Gasteiger partial charge in [0.25, 0.3) is 0 Å².